The largest absolute Gasteiger partial charge is 0.382 e. The molecule has 3 saturated heterocycles. The van der Waals surface area contributed by atoms with Gasteiger partial charge in [-0.25, -0.2) is 38.7 Å². The van der Waals surface area contributed by atoms with Gasteiger partial charge in [0, 0.05) is 0 Å². The maximum absolute atomic E-state index is 16.0. The molecule has 0 aliphatic carbocycles. The van der Waals surface area contributed by atoms with Gasteiger partial charge in [0.1, 0.15) is 55.6 Å². The molecule has 7 rings (SSSR count). The second kappa shape index (κ2) is 10.9. The fourth-order valence-electron chi connectivity index (χ4n) is 5.07. The first-order chi connectivity index (χ1) is 20.9. The number of anilines is 2. The second-order valence-corrected chi connectivity index (χ2v) is 13.3. The monoisotopic (exact) mass is 675 g/mol. The number of aromatic nitrogens is 8. The number of nitrogens with zero attached hydrogens (tertiary/aromatic N) is 8. The molecule has 7 heterocycles. The van der Waals surface area contributed by atoms with E-state index in [-0.39, 0.29) is 34.0 Å². The molecule has 5 N–H and O–H groups in total. The molecular formula is C20H24BF2N10O8P2S-. The number of alkyl halides is 2. The van der Waals surface area contributed by atoms with Crippen LogP contribution in [-0.2, 0) is 43.9 Å². The molecule has 0 spiro atoms. The smallest absolute Gasteiger partial charge is 0.325 e. The van der Waals surface area contributed by atoms with Gasteiger partial charge in [0.2, 0.25) is 0 Å². The zero-order chi connectivity index (χ0) is 31.0. The average Bonchev–Trinajstić information content (AvgIpc) is 3.73. The Morgan fingerprint density at radius 1 is 0.841 bits per heavy atom. The molecule has 24 heteroatoms. The van der Waals surface area contributed by atoms with Gasteiger partial charge in [-0.05, 0) is 11.8 Å². The lowest BCUT2D eigenvalue weighted by Gasteiger charge is -2.29. The molecule has 18 nitrogen and oxygen atoms in total. The highest BCUT2D eigenvalue weighted by Crippen LogP contribution is 2.54. The standard InChI is InChI=1S/C20H24BF2N10O8P2S/c21-42(34)36-1-7-9(22)14(20(38-7)33-6-31-12-16(25)27-4-29-18(12)33)41-43(35,44)37-2-8-13(40-42)10(23)19(39-8)32-5-30-11-15(24)26-3-28-17(11)32/h3-10,13-14,19-20H,1-2H2,21H3,(H,35,44)(H2,24,26,28)(H2,25,27,29)/q-1/t7-,8-,9?,10-,13-,14-,19-,20-,42?,43?/m1/s1. The molecule has 0 aromatic carbocycles. The van der Waals surface area contributed by atoms with Crippen LogP contribution >= 0.6 is 14.2 Å². The summed E-state index contributed by atoms with van der Waals surface area (Å²) in [6, 6.07) is 0. The van der Waals surface area contributed by atoms with Crippen molar-refractivity contribution in [3.63, 3.8) is 0 Å². The van der Waals surface area contributed by atoms with Crippen molar-refractivity contribution in [1.29, 1.82) is 0 Å². The van der Waals surface area contributed by atoms with Crippen molar-refractivity contribution in [2.75, 3.05) is 24.7 Å². The van der Waals surface area contributed by atoms with Crippen molar-refractivity contribution in [3.05, 3.63) is 25.3 Å². The molecule has 0 saturated carbocycles. The third kappa shape index (κ3) is 5.18. The highest BCUT2D eigenvalue weighted by molar-refractivity contribution is 8.07. The first-order valence-corrected chi connectivity index (χ1v) is 16.2. The lowest BCUT2D eigenvalue weighted by molar-refractivity contribution is -0.0586. The van der Waals surface area contributed by atoms with Crippen molar-refractivity contribution < 1.29 is 45.8 Å². The number of nitrogen functional groups attached to an aromatic ring is 2. The molecule has 2 bridgehead atoms. The van der Waals surface area contributed by atoms with Crippen molar-refractivity contribution in [2.45, 2.75) is 49.2 Å². The fourth-order valence-corrected chi connectivity index (χ4v) is 7.26. The molecule has 3 unspecified atom stereocenters. The zero-order valence-corrected chi connectivity index (χ0v) is 24.0. The summed E-state index contributed by atoms with van der Waals surface area (Å²) in [6.45, 7) is -5.38. The van der Waals surface area contributed by atoms with E-state index >= 15 is 8.78 Å². The van der Waals surface area contributed by atoms with Gasteiger partial charge >= 0.3 is 6.72 Å². The lowest BCUT2D eigenvalue weighted by atomic mass is 10.1. The van der Waals surface area contributed by atoms with Crippen LogP contribution in [0.4, 0.5) is 20.4 Å². The van der Waals surface area contributed by atoms with Crippen LogP contribution in [0.25, 0.3) is 22.3 Å². The number of hydrogen-bond acceptors (Lipinski definition) is 16. The van der Waals surface area contributed by atoms with Crippen LogP contribution in [0.3, 0.4) is 0 Å². The van der Waals surface area contributed by atoms with Gasteiger partial charge in [0.15, 0.2) is 47.7 Å². The Morgan fingerprint density at radius 2 is 1.41 bits per heavy atom. The maximum atomic E-state index is 16.0. The summed E-state index contributed by atoms with van der Waals surface area (Å²) >= 11 is 5.21. The molecule has 3 aliphatic rings. The minimum atomic E-state index is -4.26. The van der Waals surface area contributed by atoms with E-state index in [2.05, 4.69) is 29.9 Å². The van der Waals surface area contributed by atoms with E-state index in [1.807, 2.05) is 0 Å². The first-order valence-electron chi connectivity index (χ1n) is 12.5. The summed E-state index contributed by atoms with van der Waals surface area (Å²) in [7, 11) is -5.12. The highest BCUT2D eigenvalue weighted by Gasteiger charge is 2.53. The molecule has 3 aliphatic heterocycles. The van der Waals surface area contributed by atoms with Crippen LogP contribution in [0.5, 0.6) is 0 Å². The molecule has 10 atom stereocenters. The average molecular weight is 675 g/mol. The van der Waals surface area contributed by atoms with Crippen LogP contribution in [0.1, 0.15) is 12.5 Å². The molecule has 0 radical (unpaired) electrons. The topological polar surface area (TPSA) is 232 Å². The Hall–Kier alpha value is -2.78. The van der Waals surface area contributed by atoms with Gasteiger partial charge in [0.25, 0.3) is 0 Å². The Kier molecular flexibility index (Phi) is 7.43. The molecule has 3 fully saturated rings. The number of imidazole rings is 2. The first kappa shape index (κ1) is 29.9. The maximum Gasteiger partial charge on any atom is 0.325 e. The van der Waals surface area contributed by atoms with E-state index < -0.39 is 84.2 Å². The van der Waals surface area contributed by atoms with Gasteiger partial charge in [-0.15, -0.1) is 0 Å². The molecule has 4 aromatic rings. The van der Waals surface area contributed by atoms with E-state index in [9.17, 15) is 9.46 Å². The molecule has 0 amide bonds. The molecule has 236 valence electrons. The van der Waals surface area contributed by atoms with Gasteiger partial charge in [0.05, 0.1) is 33.4 Å². The Labute approximate surface area is 251 Å². The Bertz CT molecular complexity index is 1840. The SMILES string of the molecule is [BH3-]P1(=O)OC[C@H]2O[C@@H](n3cnc4c(N)ncnc43)[C@H](OP(O)(=S)OC[C@H]3O[C@@H](n4cnc5c(N)ncnc54)[C@H](F)[C@@H]3O1)C2F. The summed E-state index contributed by atoms with van der Waals surface area (Å²) < 4.78 is 82.4. The minimum Gasteiger partial charge on any atom is -0.382 e. The predicted molar refractivity (Wildman–Crippen MR) is 153 cm³/mol. The number of ether oxygens (including phenoxy) is 2. The number of hydrogen-bond donors (Lipinski definition) is 3. The Balaban J connectivity index is 1.20. The van der Waals surface area contributed by atoms with E-state index in [1.165, 1.54) is 34.4 Å². The van der Waals surface area contributed by atoms with E-state index in [1.54, 1.807) is 0 Å². The number of halogens is 2. The van der Waals surface area contributed by atoms with Crippen LogP contribution in [-0.4, -0.2) is 101 Å². The van der Waals surface area contributed by atoms with Crippen molar-refractivity contribution in [1.82, 2.24) is 39.0 Å². The third-order valence-corrected chi connectivity index (χ3v) is 9.40. The minimum absolute atomic E-state index is 0.0746. The molecule has 44 heavy (non-hydrogen) atoms. The molecule has 4 aromatic heterocycles. The summed E-state index contributed by atoms with van der Waals surface area (Å²) in [6.07, 6.45) is -7.27. The summed E-state index contributed by atoms with van der Waals surface area (Å²) in [5.41, 5.74) is 12.6. The number of nitrogens with two attached hydrogens (primary N) is 2. The zero-order valence-electron chi connectivity index (χ0n) is 21.4. The quantitative estimate of drug-likeness (QED) is 0.185. The van der Waals surface area contributed by atoms with E-state index in [0.717, 1.165) is 0 Å². The van der Waals surface area contributed by atoms with E-state index in [4.69, 9.17) is 50.8 Å². The number of rotatable bonds is 2. The Morgan fingerprint density at radius 3 is 2.05 bits per heavy atom. The van der Waals surface area contributed by atoms with Crippen molar-refractivity contribution >= 4 is 67.5 Å². The highest BCUT2D eigenvalue weighted by atomic mass is 32.5. The van der Waals surface area contributed by atoms with Gasteiger partial charge < -0.3 is 44.0 Å². The van der Waals surface area contributed by atoms with Gasteiger partial charge in [-0.1, -0.05) is 0 Å². The van der Waals surface area contributed by atoms with E-state index in [0.29, 0.717) is 0 Å². The second-order valence-electron chi connectivity index (χ2n) is 9.61. The predicted octanol–water partition coefficient (Wildman–Crippen LogP) is -0.191. The van der Waals surface area contributed by atoms with Crippen LogP contribution in [0, 0.1) is 0 Å². The third-order valence-electron chi connectivity index (χ3n) is 7.06. The summed E-state index contributed by atoms with van der Waals surface area (Å²) in [5.74, 6) is 0.150. The van der Waals surface area contributed by atoms with Gasteiger partial charge in [-0.3, -0.25) is 13.7 Å². The van der Waals surface area contributed by atoms with Gasteiger partial charge in [-0.2, -0.15) is 0 Å². The lowest BCUT2D eigenvalue weighted by Crippen LogP contribution is -2.34. The van der Waals surface area contributed by atoms with Crippen molar-refractivity contribution in [2.24, 2.45) is 0 Å². The molecular weight excluding hydrogens is 651 g/mol. The van der Waals surface area contributed by atoms with Crippen LogP contribution < -0.4 is 11.5 Å². The van der Waals surface area contributed by atoms with Crippen LogP contribution in [0.2, 0.25) is 0 Å². The number of fused-ring (bicyclic) bond motifs is 5. The summed E-state index contributed by atoms with van der Waals surface area (Å²) in [5, 5.41) is 0. The summed E-state index contributed by atoms with van der Waals surface area (Å²) in [4.78, 5) is 35.4. The van der Waals surface area contributed by atoms with Crippen LogP contribution in [0.15, 0.2) is 25.3 Å². The normalized spacial score (nSPS) is 38.3. The van der Waals surface area contributed by atoms with Crippen molar-refractivity contribution in [3.8, 4) is 0 Å². The fraction of sp³-hybridized carbons (Fsp3) is 0.500.